The Bertz CT molecular complexity index is 402. The van der Waals surface area contributed by atoms with E-state index >= 15 is 0 Å². The SMILES string of the molecule is CCC=CC1CCN(C(=O)c2ccccc2)CC1. The van der Waals surface area contributed by atoms with Crippen molar-refractivity contribution in [3.8, 4) is 0 Å². The first-order chi connectivity index (χ1) is 8.81. The Kier molecular flexibility index (Phi) is 4.57. The summed E-state index contributed by atoms with van der Waals surface area (Å²) in [6.07, 6.45) is 7.83. The molecule has 0 N–H and O–H groups in total. The van der Waals surface area contributed by atoms with Gasteiger partial charge in [0.15, 0.2) is 0 Å². The zero-order chi connectivity index (χ0) is 12.8. The van der Waals surface area contributed by atoms with E-state index in [2.05, 4.69) is 19.1 Å². The molecular formula is C16H21NO. The Morgan fingerprint density at radius 2 is 1.94 bits per heavy atom. The van der Waals surface area contributed by atoms with Crippen LogP contribution < -0.4 is 0 Å². The summed E-state index contributed by atoms with van der Waals surface area (Å²) in [5.74, 6) is 0.832. The van der Waals surface area contributed by atoms with E-state index in [4.69, 9.17) is 0 Å². The van der Waals surface area contributed by atoms with Gasteiger partial charge in [-0.2, -0.15) is 0 Å². The molecule has 1 aliphatic rings. The van der Waals surface area contributed by atoms with Gasteiger partial charge in [-0.1, -0.05) is 37.3 Å². The lowest BCUT2D eigenvalue weighted by Gasteiger charge is -2.30. The average molecular weight is 243 g/mol. The third kappa shape index (κ3) is 3.22. The summed E-state index contributed by atoms with van der Waals surface area (Å²) >= 11 is 0. The highest BCUT2D eigenvalue weighted by Crippen LogP contribution is 2.20. The van der Waals surface area contributed by atoms with Gasteiger partial charge in [-0.25, -0.2) is 0 Å². The van der Waals surface area contributed by atoms with Crippen LogP contribution in [-0.4, -0.2) is 23.9 Å². The molecule has 0 bridgehead atoms. The first kappa shape index (κ1) is 12.9. The molecule has 1 saturated heterocycles. The number of carbonyl (C=O) groups is 1. The standard InChI is InChI=1S/C16H21NO/c1-2-3-7-14-10-12-17(13-11-14)16(18)15-8-5-4-6-9-15/h3-9,14H,2,10-13H2,1H3. The fourth-order valence-corrected chi connectivity index (χ4v) is 2.39. The summed E-state index contributed by atoms with van der Waals surface area (Å²) in [6, 6.07) is 9.57. The summed E-state index contributed by atoms with van der Waals surface area (Å²) in [7, 11) is 0. The highest BCUT2D eigenvalue weighted by molar-refractivity contribution is 5.94. The minimum Gasteiger partial charge on any atom is -0.339 e. The van der Waals surface area contributed by atoms with Gasteiger partial charge < -0.3 is 4.90 Å². The molecule has 2 heteroatoms. The van der Waals surface area contributed by atoms with Crippen LogP contribution in [0.4, 0.5) is 0 Å². The van der Waals surface area contributed by atoms with Gasteiger partial charge in [0.1, 0.15) is 0 Å². The molecule has 2 rings (SSSR count). The monoisotopic (exact) mass is 243 g/mol. The zero-order valence-electron chi connectivity index (χ0n) is 11.0. The maximum atomic E-state index is 12.2. The van der Waals surface area contributed by atoms with Gasteiger partial charge in [0.05, 0.1) is 0 Å². The molecule has 0 aliphatic carbocycles. The molecule has 1 aromatic rings. The van der Waals surface area contributed by atoms with Gasteiger partial charge in [0, 0.05) is 18.7 Å². The van der Waals surface area contributed by atoms with E-state index in [0.717, 1.165) is 37.9 Å². The number of likely N-dealkylation sites (tertiary alicyclic amines) is 1. The normalized spacial score (nSPS) is 17.3. The van der Waals surface area contributed by atoms with Crippen molar-refractivity contribution in [2.24, 2.45) is 5.92 Å². The van der Waals surface area contributed by atoms with Crippen molar-refractivity contribution >= 4 is 5.91 Å². The topological polar surface area (TPSA) is 20.3 Å². The fourth-order valence-electron chi connectivity index (χ4n) is 2.39. The molecule has 1 heterocycles. The lowest BCUT2D eigenvalue weighted by atomic mass is 9.95. The van der Waals surface area contributed by atoms with Gasteiger partial charge >= 0.3 is 0 Å². The minimum atomic E-state index is 0.175. The van der Waals surface area contributed by atoms with E-state index in [1.54, 1.807) is 0 Å². The van der Waals surface area contributed by atoms with Crippen molar-refractivity contribution in [2.45, 2.75) is 26.2 Å². The molecule has 1 fully saturated rings. The predicted octanol–water partition coefficient (Wildman–Crippen LogP) is 3.51. The number of hydrogen-bond donors (Lipinski definition) is 0. The van der Waals surface area contributed by atoms with Crippen LogP contribution in [0.1, 0.15) is 36.5 Å². The lowest BCUT2D eigenvalue weighted by molar-refractivity contribution is 0.0705. The first-order valence-corrected chi connectivity index (χ1v) is 6.82. The van der Waals surface area contributed by atoms with Gasteiger partial charge in [0.2, 0.25) is 0 Å². The average Bonchev–Trinajstić information content (AvgIpc) is 2.46. The van der Waals surface area contributed by atoms with Crippen molar-refractivity contribution in [1.82, 2.24) is 4.90 Å². The van der Waals surface area contributed by atoms with Crippen LogP contribution >= 0.6 is 0 Å². The van der Waals surface area contributed by atoms with Gasteiger partial charge in [-0.15, -0.1) is 0 Å². The molecular weight excluding hydrogens is 222 g/mol. The van der Waals surface area contributed by atoms with Crippen LogP contribution in [-0.2, 0) is 0 Å². The quantitative estimate of drug-likeness (QED) is 0.744. The maximum Gasteiger partial charge on any atom is 0.253 e. The third-order valence-corrected chi connectivity index (χ3v) is 3.49. The number of allylic oxidation sites excluding steroid dienone is 2. The number of rotatable bonds is 3. The van der Waals surface area contributed by atoms with Crippen LogP contribution in [0.15, 0.2) is 42.5 Å². The van der Waals surface area contributed by atoms with Crippen LogP contribution in [0.5, 0.6) is 0 Å². The number of amides is 1. The first-order valence-electron chi connectivity index (χ1n) is 6.82. The highest BCUT2D eigenvalue weighted by atomic mass is 16.2. The van der Waals surface area contributed by atoms with E-state index in [0.29, 0.717) is 5.92 Å². The molecule has 2 nitrogen and oxygen atoms in total. The highest BCUT2D eigenvalue weighted by Gasteiger charge is 2.21. The molecule has 0 aromatic heterocycles. The Morgan fingerprint density at radius 1 is 1.28 bits per heavy atom. The number of piperidine rings is 1. The third-order valence-electron chi connectivity index (χ3n) is 3.49. The Morgan fingerprint density at radius 3 is 2.56 bits per heavy atom. The second kappa shape index (κ2) is 6.39. The van der Waals surface area contributed by atoms with Gasteiger partial charge in [-0.3, -0.25) is 4.79 Å². The van der Waals surface area contributed by atoms with Crippen LogP contribution in [0, 0.1) is 5.92 Å². The molecule has 1 aliphatic heterocycles. The van der Waals surface area contributed by atoms with Crippen LogP contribution in [0.3, 0.4) is 0 Å². The maximum absolute atomic E-state index is 12.2. The summed E-state index contributed by atoms with van der Waals surface area (Å²) in [4.78, 5) is 14.2. The van der Waals surface area contributed by atoms with E-state index in [9.17, 15) is 4.79 Å². The summed E-state index contributed by atoms with van der Waals surface area (Å²) in [6.45, 7) is 3.92. The van der Waals surface area contributed by atoms with E-state index in [1.807, 2.05) is 35.2 Å². The number of hydrogen-bond acceptors (Lipinski definition) is 1. The second-order valence-electron chi connectivity index (χ2n) is 4.83. The predicted molar refractivity (Wildman–Crippen MR) is 74.5 cm³/mol. The summed E-state index contributed by atoms with van der Waals surface area (Å²) in [5, 5.41) is 0. The fraction of sp³-hybridized carbons (Fsp3) is 0.438. The second-order valence-corrected chi connectivity index (χ2v) is 4.83. The molecule has 0 saturated carbocycles. The van der Waals surface area contributed by atoms with Gasteiger partial charge in [0.25, 0.3) is 5.91 Å². The minimum absolute atomic E-state index is 0.175. The molecule has 18 heavy (non-hydrogen) atoms. The Balaban J connectivity index is 1.90. The largest absolute Gasteiger partial charge is 0.339 e. The summed E-state index contributed by atoms with van der Waals surface area (Å²) in [5.41, 5.74) is 0.806. The van der Waals surface area contributed by atoms with Crippen LogP contribution in [0.25, 0.3) is 0 Å². The molecule has 1 aromatic carbocycles. The zero-order valence-corrected chi connectivity index (χ0v) is 11.0. The molecule has 0 radical (unpaired) electrons. The van der Waals surface area contributed by atoms with Crippen molar-refractivity contribution in [3.05, 3.63) is 48.0 Å². The molecule has 96 valence electrons. The molecule has 0 spiro atoms. The van der Waals surface area contributed by atoms with Crippen molar-refractivity contribution in [2.75, 3.05) is 13.1 Å². The van der Waals surface area contributed by atoms with Crippen molar-refractivity contribution < 1.29 is 4.79 Å². The summed E-state index contributed by atoms with van der Waals surface area (Å²) < 4.78 is 0. The Hall–Kier alpha value is -1.57. The van der Waals surface area contributed by atoms with E-state index in [-0.39, 0.29) is 5.91 Å². The smallest absolute Gasteiger partial charge is 0.253 e. The van der Waals surface area contributed by atoms with Gasteiger partial charge in [-0.05, 0) is 37.3 Å². The van der Waals surface area contributed by atoms with Crippen molar-refractivity contribution in [3.63, 3.8) is 0 Å². The molecule has 0 unspecified atom stereocenters. The van der Waals surface area contributed by atoms with Crippen molar-refractivity contribution in [1.29, 1.82) is 0 Å². The number of benzene rings is 1. The Labute approximate surface area is 109 Å². The lowest BCUT2D eigenvalue weighted by Crippen LogP contribution is -2.38. The molecule has 1 amide bonds. The number of carbonyl (C=O) groups excluding carboxylic acids is 1. The van der Waals surface area contributed by atoms with E-state index in [1.165, 1.54) is 0 Å². The molecule has 0 atom stereocenters. The number of nitrogens with zero attached hydrogens (tertiary/aromatic N) is 1. The van der Waals surface area contributed by atoms with Crippen LogP contribution in [0.2, 0.25) is 0 Å². The van der Waals surface area contributed by atoms with E-state index < -0.39 is 0 Å².